The molecule has 0 spiro atoms. The predicted molar refractivity (Wildman–Crippen MR) is 114 cm³/mol. The Kier molecular flexibility index (Phi) is 7.40. The lowest BCUT2D eigenvalue weighted by atomic mass is 10.1. The van der Waals surface area contributed by atoms with Gasteiger partial charge in [-0.25, -0.2) is 0 Å². The number of hydrogen-bond donors (Lipinski definition) is 2. The Balaban J connectivity index is 1.33. The molecule has 0 saturated carbocycles. The summed E-state index contributed by atoms with van der Waals surface area (Å²) in [6, 6.07) is 16.3. The summed E-state index contributed by atoms with van der Waals surface area (Å²) in [5, 5.41) is 7.02. The molecule has 0 atom stereocenters. The van der Waals surface area contributed by atoms with Crippen molar-refractivity contribution in [1.82, 2.24) is 5.32 Å². The van der Waals surface area contributed by atoms with Gasteiger partial charge in [0.15, 0.2) is 0 Å². The smallest absolute Gasteiger partial charge is 0.221 e. The number of carbonyl (C=O) groups is 1. The Morgan fingerprint density at radius 1 is 1.00 bits per heavy atom. The Bertz CT molecular complexity index is 727. The number of piperidine rings is 1. The van der Waals surface area contributed by atoms with E-state index in [1.807, 2.05) is 24.3 Å². The largest absolute Gasteiger partial charge is 0.385 e. The van der Waals surface area contributed by atoms with Gasteiger partial charge in [-0.1, -0.05) is 23.7 Å². The lowest BCUT2D eigenvalue weighted by Gasteiger charge is -2.28. The lowest BCUT2D eigenvalue weighted by Crippen LogP contribution is -2.29. The quantitative estimate of drug-likeness (QED) is 0.703. The van der Waals surface area contributed by atoms with E-state index in [9.17, 15) is 4.79 Å². The van der Waals surface area contributed by atoms with Crippen LogP contribution in [-0.4, -0.2) is 32.1 Å². The molecule has 2 aromatic carbocycles. The van der Waals surface area contributed by atoms with Crippen LogP contribution in [-0.2, 0) is 11.2 Å². The second-order valence-electron chi connectivity index (χ2n) is 7.00. The van der Waals surface area contributed by atoms with Gasteiger partial charge in [0.25, 0.3) is 0 Å². The van der Waals surface area contributed by atoms with Crippen LogP contribution < -0.4 is 15.5 Å². The molecule has 144 valence electrons. The van der Waals surface area contributed by atoms with Crippen molar-refractivity contribution in [2.75, 3.05) is 36.4 Å². The number of halogens is 1. The second-order valence-corrected chi connectivity index (χ2v) is 7.44. The van der Waals surface area contributed by atoms with Crippen LogP contribution >= 0.6 is 11.6 Å². The van der Waals surface area contributed by atoms with E-state index < -0.39 is 0 Å². The van der Waals surface area contributed by atoms with Crippen LogP contribution in [0.25, 0.3) is 0 Å². The van der Waals surface area contributed by atoms with Gasteiger partial charge in [-0.3, -0.25) is 4.79 Å². The van der Waals surface area contributed by atoms with E-state index >= 15 is 0 Å². The zero-order chi connectivity index (χ0) is 18.9. The van der Waals surface area contributed by atoms with Gasteiger partial charge in [0.2, 0.25) is 5.91 Å². The van der Waals surface area contributed by atoms with Crippen LogP contribution in [0.5, 0.6) is 0 Å². The summed E-state index contributed by atoms with van der Waals surface area (Å²) in [4.78, 5) is 14.4. The molecule has 2 N–H and O–H groups in total. The molecule has 0 aromatic heterocycles. The van der Waals surface area contributed by atoms with Crippen molar-refractivity contribution in [3.05, 3.63) is 59.1 Å². The first-order chi connectivity index (χ1) is 13.2. The summed E-state index contributed by atoms with van der Waals surface area (Å²) in [5.74, 6) is 0.0643. The maximum atomic E-state index is 12.0. The third-order valence-corrected chi connectivity index (χ3v) is 5.13. The lowest BCUT2D eigenvalue weighted by molar-refractivity contribution is -0.120. The molecular formula is C22H28ClN3O. The topological polar surface area (TPSA) is 44.4 Å². The molecule has 0 bridgehead atoms. The summed E-state index contributed by atoms with van der Waals surface area (Å²) in [7, 11) is 0. The van der Waals surface area contributed by atoms with E-state index in [0.717, 1.165) is 35.8 Å². The summed E-state index contributed by atoms with van der Waals surface area (Å²) in [5.41, 5.74) is 3.48. The zero-order valence-corrected chi connectivity index (χ0v) is 16.5. The Labute approximate surface area is 166 Å². The molecule has 2 aromatic rings. The van der Waals surface area contributed by atoms with Crippen molar-refractivity contribution in [3.8, 4) is 0 Å². The van der Waals surface area contributed by atoms with E-state index in [1.165, 1.54) is 24.9 Å². The molecule has 0 radical (unpaired) electrons. The van der Waals surface area contributed by atoms with Crippen LogP contribution in [0.15, 0.2) is 48.5 Å². The molecule has 5 heteroatoms. The Morgan fingerprint density at radius 3 is 2.52 bits per heavy atom. The first-order valence-electron chi connectivity index (χ1n) is 9.81. The highest BCUT2D eigenvalue weighted by atomic mass is 35.5. The molecule has 27 heavy (non-hydrogen) atoms. The van der Waals surface area contributed by atoms with E-state index in [1.54, 1.807) is 0 Å². The monoisotopic (exact) mass is 385 g/mol. The van der Waals surface area contributed by atoms with Crippen LogP contribution in [0.2, 0.25) is 5.02 Å². The van der Waals surface area contributed by atoms with Crippen LogP contribution in [0.4, 0.5) is 11.4 Å². The summed E-state index contributed by atoms with van der Waals surface area (Å²) in [6.45, 7) is 3.57. The molecule has 1 aliphatic heterocycles. The van der Waals surface area contributed by atoms with Gasteiger partial charge in [0.05, 0.1) is 0 Å². The van der Waals surface area contributed by atoms with E-state index in [-0.39, 0.29) is 5.91 Å². The standard InChI is InChI=1S/C22H28ClN3O/c23-19-6-4-5-18(17-19)11-13-25-22(27)12-14-24-20-7-9-21(10-8-20)26-15-2-1-3-16-26/h4-10,17,24H,1-3,11-16H2,(H,25,27). The van der Waals surface area contributed by atoms with Crippen molar-refractivity contribution in [2.24, 2.45) is 0 Å². The zero-order valence-electron chi connectivity index (χ0n) is 15.7. The first kappa shape index (κ1) is 19.6. The third-order valence-electron chi connectivity index (χ3n) is 4.89. The van der Waals surface area contributed by atoms with Crippen LogP contribution in [0.1, 0.15) is 31.2 Å². The fourth-order valence-electron chi connectivity index (χ4n) is 3.39. The van der Waals surface area contributed by atoms with Crippen molar-refractivity contribution in [3.63, 3.8) is 0 Å². The highest BCUT2D eigenvalue weighted by Crippen LogP contribution is 2.21. The normalized spacial score (nSPS) is 14.0. The van der Waals surface area contributed by atoms with Crippen molar-refractivity contribution < 1.29 is 4.79 Å². The number of nitrogens with one attached hydrogen (secondary N) is 2. The SMILES string of the molecule is O=C(CCNc1ccc(N2CCCCC2)cc1)NCCc1cccc(Cl)c1. The molecule has 1 amide bonds. The van der Waals surface area contributed by atoms with Gasteiger partial charge < -0.3 is 15.5 Å². The molecule has 1 fully saturated rings. The Morgan fingerprint density at radius 2 is 1.78 bits per heavy atom. The van der Waals surface area contributed by atoms with Gasteiger partial charge in [0.1, 0.15) is 0 Å². The molecule has 0 unspecified atom stereocenters. The molecule has 1 aliphatic rings. The maximum Gasteiger partial charge on any atom is 0.221 e. The fraction of sp³-hybridized carbons (Fsp3) is 0.409. The number of hydrogen-bond acceptors (Lipinski definition) is 3. The van der Waals surface area contributed by atoms with Crippen molar-refractivity contribution in [1.29, 1.82) is 0 Å². The molecule has 3 rings (SSSR count). The van der Waals surface area contributed by atoms with Crippen LogP contribution in [0.3, 0.4) is 0 Å². The third kappa shape index (κ3) is 6.47. The van der Waals surface area contributed by atoms with E-state index in [0.29, 0.717) is 19.5 Å². The van der Waals surface area contributed by atoms with Gasteiger partial charge >= 0.3 is 0 Å². The second kappa shape index (κ2) is 10.2. The number of rotatable bonds is 8. The molecule has 1 saturated heterocycles. The number of carbonyl (C=O) groups excluding carboxylic acids is 1. The van der Waals surface area contributed by atoms with E-state index in [4.69, 9.17) is 11.6 Å². The minimum atomic E-state index is 0.0643. The van der Waals surface area contributed by atoms with Gasteiger partial charge in [-0.2, -0.15) is 0 Å². The molecule has 4 nitrogen and oxygen atoms in total. The summed E-state index contributed by atoms with van der Waals surface area (Å²) in [6.07, 6.45) is 5.16. The maximum absolute atomic E-state index is 12.0. The number of anilines is 2. The fourth-order valence-corrected chi connectivity index (χ4v) is 3.60. The highest BCUT2D eigenvalue weighted by molar-refractivity contribution is 6.30. The minimum Gasteiger partial charge on any atom is -0.385 e. The van der Waals surface area contributed by atoms with Crippen LogP contribution in [0, 0.1) is 0 Å². The highest BCUT2D eigenvalue weighted by Gasteiger charge is 2.10. The average Bonchev–Trinajstić information content (AvgIpc) is 2.69. The average molecular weight is 386 g/mol. The summed E-state index contributed by atoms with van der Waals surface area (Å²) < 4.78 is 0. The molecular weight excluding hydrogens is 358 g/mol. The Hall–Kier alpha value is -2.20. The predicted octanol–water partition coefficient (Wildman–Crippen LogP) is 4.49. The van der Waals surface area contributed by atoms with Gasteiger partial charge in [-0.15, -0.1) is 0 Å². The summed E-state index contributed by atoms with van der Waals surface area (Å²) >= 11 is 5.97. The molecule has 1 heterocycles. The van der Waals surface area contributed by atoms with Crippen molar-refractivity contribution >= 4 is 28.9 Å². The number of nitrogens with zero attached hydrogens (tertiary/aromatic N) is 1. The van der Waals surface area contributed by atoms with Gasteiger partial charge in [0, 0.05) is 49.0 Å². The van der Waals surface area contributed by atoms with Gasteiger partial charge in [-0.05, 0) is 67.6 Å². The minimum absolute atomic E-state index is 0.0643. The van der Waals surface area contributed by atoms with E-state index in [2.05, 4.69) is 39.8 Å². The molecule has 0 aliphatic carbocycles. The van der Waals surface area contributed by atoms with Crippen molar-refractivity contribution in [2.45, 2.75) is 32.1 Å². The number of amides is 1. The first-order valence-corrected chi connectivity index (χ1v) is 10.2. The number of benzene rings is 2.